The van der Waals surface area contributed by atoms with Crippen LogP contribution in [0.25, 0.3) is 11.4 Å². The van der Waals surface area contributed by atoms with E-state index in [1.807, 2.05) is 0 Å². The molecule has 134 valence electrons. The van der Waals surface area contributed by atoms with Gasteiger partial charge >= 0.3 is 12.1 Å². The number of halogens is 4. The topological polar surface area (TPSA) is 59.2 Å². The van der Waals surface area contributed by atoms with E-state index in [-0.39, 0.29) is 17.2 Å². The Morgan fingerprint density at radius 2 is 2.16 bits per heavy atom. The van der Waals surface area contributed by atoms with Gasteiger partial charge in [-0.1, -0.05) is 11.2 Å². The summed E-state index contributed by atoms with van der Waals surface area (Å²) in [4.78, 5) is 17.1. The van der Waals surface area contributed by atoms with Crippen LogP contribution in [0.2, 0.25) is 0 Å². The van der Waals surface area contributed by atoms with Crippen LogP contribution in [0.3, 0.4) is 0 Å². The average Bonchev–Trinajstić information content (AvgIpc) is 3.24. The molecular weight excluding hydrogens is 362 g/mol. The lowest BCUT2D eigenvalue weighted by Crippen LogP contribution is -2.37. The largest absolute Gasteiger partial charge is 0.471 e. The van der Waals surface area contributed by atoms with Crippen molar-refractivity contribution in [2.75, 3.05) is 18.6 Å². The van der Waals surface area contributed by atoms with Gasteiger partial charge in [0.2, 0.25) is 5.82 Å². The number of thioether (sulfide) groups is 1. The number of rotatable bonds is 3. The van der Waals surface area contributed by atoms with Gasteiger partial charge in [-0.15, -0.1) is 0 Å². The Morgan fingerprint density at radius 1 is 1.40 bits per heavy atom. The standard InChI is InChI=1S/C15H13F4N3O2S/c1-22(9-4-5-25-7-9)13(23)10-3-2-8(6-11(10)16)12-20-14(24-21-12)15(17,18)19/h2-3,6,9H,4-5,7H2,1H3. The van der Waals surface area contributed by atoms with E-state index in [9.17, 15) is 22.4 Å². The highest BCUT2D eigenvalue weighted by Gasteiger charge is 2.38. The normalized spacial score (nSPS) is 17.7. The van der Waals surface area contributed by atoms with Gasteiger partial charge in [-0.3, -0.25) is 4.79 Å². The van der Waals surface area contributed by atoms with Crippen molar-refractivity contribution in [2.24, 2.45) is 0 Å². The second kappa shape index (κ2) is 6.66. The Kier molecular flexibility index (Phi) is 4.72. The number of nitrogens with zero attached hydrogens (tertiary/aromatic N) is 3. The summed E-state index contributed by atoms with van der Waals surface area (Å²) in [5.74, 6) is -1.49. The van der Waals surface area contributed by atoms with Gasteiger partial charge in [0, 0.05) is 24.4 Å². The lowest BCUT2D eigenvalue weighted by Gasteiger charge is -2.24. The van der Waals surface area contributed by atoms with E-state index in [0.717, 1.165) is 24.0 Å². The Balaban J connectivity index is 1.83. The summed E-state index contributed by atoms with van der Waals surface area (Å²) in [7, 11) is 1.61. The fourth-order valence-corrected chi connectivity index (χ4v) is 3.73. The molecule has 3 rings (SSSR count). The van der Waals surface area contributed by atoms with Crippen LogP contribution in [0.5, 0.6) is 0 Å². The van der Waals surface area contributed by atoms with Gasteiger partial charge in [0.15, 0.2) is 0 Å². The maximum Gasteiger partial charge on any atom is 0.471 e. The minimum atomic E-state index is -4.78. The van der Waals surface area contributed by atoms with Gasteiger partial charge in [-0.2, -0.15) is 29.9 Å². The lowest BCUT2D eigenvalue weighted by molar-refractivity contribution is -0.159. The first-order chi connectivity index (χ1) is 11.8. The van der Waals surface area contributed by atoms with Crippen molar-refractivity contribution < 1.29 is 26.9 Å². The summed E-state index contributed by atoms with van der Waals surface area (Å²) in [5.41, 5.74) is -0.157. The van der Waals surface area contributed by atoms with Crippen LogP contribution in [-0.4, -0.2) is 45.5 Å². The molecule has 1 aromatic carbocycles. The summed E-state index contributed by atoms with van der Waals surface area (Å²) in [6.45, 7) is 0. The van der Waals surface area contributed by atoms with Gasteiger partial charge in [0.25, 0.3) is 5.91 Å². The van der Waals surface area contributed by atoms with Crippen molar-refractivity contribution >= 4 is 17.7 Å². The smallest absolute Gasteiger partial charge is 0.338 e. The zero-order valence-electron chi connectivity index (χ0n) is 13.0. The molecule has 10 heteroatoms. The highest BCUT2D eigenvalue weighted by molar-refractivity contribution is 7.99. The molecule has 1 aliphatic heterocycles. The van der Waals surface area contributed by atoms with Gasteiger partial charge in [-0.05, 0) is 24.3 Å². The number of benzene rings is 1. The van der Waals surface area contributed by atoms with E-state index in [1.165, 1.54) is 17.0 Å². The van der Waals surface area contributed by atoms with Crippen LogP contribution in [0, 0.1) is 5.82 Å². The van der Waals surface area contributed by atoms with E-state index in [0.29, 0.717) is 0 Å². The van der Waals surface area contributed by atoms with E-state index in [1.54, 1.807) is 18.8 Å². The molecule has 1 atom stereocenters. The van der Waals surface area contributed by atoms with Gasteiger partial charge in [-0.25, -0.2) is 4.39 Å². The molecule has 2 heterocycles. The monoisotopic (exact) mass is 375 g/mol. The Labute approximate surface area is 144 Å². The third kappa shape index (κ3) is 3.63. The van der Waals surface area contributed by atoms with Crippen molar-refractivity contribution in [1.29, 1.82) is 0 Å². The zero-order valence-corrected chi connectivity index (χ0v) is 13.8. The van der Waals surface area contributed by atoms with Gasteiger partial charge in [0.1, 0.15) is 5.82 Å². The molecule has 0 radical (unpaired) electrons. The van der Waals surface area contributed by atoms with E-state index >= 15 is 0 Å². The van der Waals surface area contributed by atoms with Gasteiger partial charge < -0.3 is 9.42 Å². The molecule has 0 N–H and O–H groups in total. The van der Waals surface area contributed by atoms with Crippen LogP contribution in [0.4, 0.5) is 17.6 Å². The fraction of sp³-hybridized carbons (Fsp3) is 0.400. The van der Waals surface area contributed by atoms with Crippen LogP contribution < -0.4 is 0 Å². The summed E-state index contributed by atoms with van der Waals surface area (Å²) >= 11 is 1.72. The SMILES string of the molecule is CN(C(=O)c1ccc(-c2noc(C(F)(F)F)n2)cc1F)C1CCSC1. The first kappa shape index (κ1) is 17.7. The maximum atomic E-state index is 14.3. The van der Waals surface area contributed by atoms with E-state index < -0.39 is 29.6 Å². The number of hydrogen-bond acceptors (Lipinski definition) is 5. The highest BCUT2D eigenvalue weighted by Crippen LogP contribution is 2.30. The second-order valence-electron chi connectivity index (χ2n) is 5.55. The molecule has 0 aliphatic carbocycles. The molecule has 1 fully saturated rings. The van der Waals surface area contributed by atoms with Crippen molar-refractivity contribution in [3.63, 3.8) is 0 Å². The molecular formula is C15H13F4N3O2S. The summed E-state index contributed by atoms with van der Waals surface area (Å²) < 4.78 is 55.9. The third-order valence-corrected chi connectivity index (χ3v) is 5.04. The van der Waals surface area contributed by atoms with Crippen molar-refractivity contribution in [2.45, 2.75) is 18.6 Å². The molecule has 1 amide bonds. The van der Waals surface area contributed by atoms with Gasteiger partial charge in [0.05, 0.1) is 5.56 Å². The molecule has 2 aromatic rings. The minimum absolute atomic E-state index is 0.00706. The predicted molar refractivity (Wildman–Crippen MR) is 82.5 cm³/mol. The lowest BCUT2D eigenvalue weighted by atomic mass is 10.1. The maximum absolute atomic E-state index is 14.3. The minimum Gasteiger partial charge on any atom is -0.338 e. The number of aromatic nitrogens is 2. The molecule has 0 saturated carbocycles. The molecule has 1 aromatic heterocycles. The summed E-state index contributed by atoms with van der Waals surface area (Å²) in [6, 6.07) is 3.48. The molecule has 1 aliphatic rings. The van der Waals surface area contributed by atoms with E-state index in [2.05, 4.69) is 14.7 Å². The van der Waals surface area contributed by atoms with E-state index in [4.69, 9.17) is 0 Å². The van der Waals surface area contributed by atoms with Crippen LogP contribution in [0.15, 0.2) is 22.7 Å². The molecule has 1 unspecified atom stereocenters. The number of carbonyl (C=O) groups excluding carboxylic acids is 1. The van der Waals surface area contributed by atoms with Crippen LogP contribution in [-0.2, 0) is 6.18 Å². The predicted octanol–water partition coefficient (Wildman–Crippen LogP) is 3.47. The first-order valence-corrected chi connectivity index (χ1v) is 8.48. The third-order valence-electron chi connectivity index (χ3n) is 3.90. The van der Waals surface area contributed by atoms with Crippen LogP contribution in [0.1, 0.15) is 22.7 Å². The Morgan fingerprint density at radius 3 is 2.72 bits per heavy atom. The Bertz CT molecular complexity index is 787. The molecule has 1 saturated heterocycles. The summed E-state index contributed by atoms with van der Waals surface area (Å²) in [6.07, 6.45) is -3.93. The first-order valence-electron chi connectivity index (χ1n) is 7.33. The number of amides is 1. The number of hydrogen-bond donors (Lipinski definition) is 0. The molecule has 0 spiro atoms. The average molecular weight is 375 g/mol. The second-order valence-corrected chi connectivity index (χ2v) is 6.70. The molecule has 5 nitrogen and oxygen atoms in total. The van der Waals surface area contributed by atoms with Crippen molar-refractivity contribution in [3.8, 4) is 11.4 Å². The zero-order chi connectivity index (χ0) is 18.2. The fourth-order valence-electron chi connectivity index (χ4n) is 2.47. The highest BCUT2D eigenvalue weighted by atomic mass is 32.2. The Hall–Kier alpha value is -2.10. The van der Waals surface area contributed by atoms with Crippen molar-refractivity contribution in [1.82, 2.24) is 15.0 Å². The quantitative estimate of drug-likeness (QED) is 0.769. The van der Waals surface area contributed by atoms with Crippen LogP contribution >= 0.6 is 11.8 Å². The van der Waals surface area contributed by atoms with Crippen molar-refractivity contribution in [3.05, 3.63) is 35.5 Å². The summed E-state index contributed by atoms with van der Waals surface area (Å²) in [5, 5.41) is 3.20. The number of carbonyl (C=O) groups is 1. The molecule has 25 heavy (non-hydrogen) atoms. The number of alkyl halides is 3. The molecule has 0 bridgehead atoms.